The monoisotopic (exact) mass is 285 g/mol. The Kier molecular flexibility index (Phi) is 4.72. The van der Waals surface area contributed by atoms with E-state index in [1.165, 1.54) is 12.1 Å². The summed E-state index contributed by atoms with van der Waals surface area (Å²) in [6, 6.07) is 11.9. The zero-order valence-electron chi connectivity index (χ0n) is 11.9. The van der Waals surface area contributed by atoms with Crippen LogP contribution in [0.4, 0.5) is 10.1 Å². The molecule has 21 heavy (non-hydrogen) atoms. The number of halogens is 1. The van der Waals surface area contributed by atoms with Gasteiger partial charge in [0, 0.05) is 17.3 Å². The number of ether oxygens (including phenoxy) is 1. The van der Waals surface area contributed by atoms with Gasteiger partial charge >= 0.3 is 0 Å². The molecular formula is C17H16FNO2. The lowest BCUT2D eigenvalue weighted by molar-refractivity contribution is -0.111. The first kappa shape index (κ1) is 14.8. The van der Waals surface area contributed by atoms with Gasteiger partial charge in [-0.25, -0.2) is 4.39 Å². The number of carbonyl (C=O) groups is 1. The molecule has 0 spiro atoms. The fourth-order valence-electron chi connectivity index (χ4n) is 1.82. The lowest BCUT2D eigenvalue weighted by Crippen LogP contribution is -2.08. The maximum absolute atomic E-state index is 13.4. The molecule has 0 aliphatic heterocycles. The zero-order valence-corrected chi connectivity index (χ0v) is 11.9. The van der Waals surface area contributed by atoms with Crippen molar-refractivity contribution in [2.75, 3.05) is 12.4 Å². The van der Waals surface area contributed by atoms with Crippen molar-refractivity contribution in [2.24, 2.45) is 0 Å². The lowest BCUT2D eigenvalue weighted by atomic mass is 10.2. The van der Waals surface area contributed by atoms with Crippen LogP contribution in [0.1, 0.15) is 11.1 Å². The average molecular weight is 285 g/mol. The number of amides is 1. The van der Waals surface area contributed by atoms with Crippen LogP contribution in [0.25, 0.3) is 6.08 Å². The quantitative estimate of drug-likeness (QED) is 0.868. The van der Waals surface area contributed by atoms with E-state index in [2.05, 4.69) is 5.32 Å². The van der Waals surface area contributed by atoms with Crippen LogP contribution in [0.2, 0.25) is 0 Å². The van der Waals surface area contributed by atoms with Gasteiger partial charge in [-0.3, -0.25) is 4.79 Å². The molecule has 0 fully saturated rings. The Bertz CT molecular complexity index is 680. The molecule has 0 saturated heterocycles. The molecule has 3 nitrogen and oxygen atoms in total. The van der Waals surface area contributed by atoms with Crippen molar-refractivity contribution in [1.82, 2.24) is 0 Å². The molecule has 0 heterocycles. The smallest absolute Gasteiger partial charge is 0.248 e. The molecule has 108 valence electrons. The number of hydrogen-bond donors (Lipinski definition) is 1. The summed E-state index contributed by atoms with van der Waals surface area (Å²) in [6.07, 6.45) is 3.04. The molecular weight excluding hydrogens is 269 g/mol. The van der Waals surface area contributed by atoms with Crippen LogP contribution in [0.5, 0.6) is 5.75 Å². The number of rotatable bonds is 4. The number of aryl methyl sites for hydroxylation is 1. The molecule has 0 aliphatic carbocycles. The Hall–Kier alpha value is -2.62. The fourth-order valence-corrected chi connectivity index (χ4v) is 1.82. The number of carbonyl (C=O) groups excluding carboxylic acids is 1. The van der Waals surface area contributed by atoms with Crippen LogP contribution < -0.4 is 10.1 Å². The molecule has 0 unspecified atom stereocenters. The second-order valence-electron chi connectivity index (χ2n) is 4.53. The highest BCUT2D eigenvalue weighted by Crippen LogP contribution is 2.19. The van der Waals surface area contributed by atoms with Crippen molar-refractivity contribution in [3.63, 3.8) is 0 Å². The van der Waals surface area contributed by atoms with E-state index < -0.39 is 0 Å². The molecule has 2 aromatic carbocycles. The summed E-state index contributed by atoms with van der Waals surface area (Å²) in [5, 5.41) is 2.61. The fraction of sp³-hybridized carbons (Fsp3) is 0.118. The molecule has 1 amide bonds. The first-order chi connectivity index (χ1) is 10.1. The van der Waals surface area contributed by atoms with E-state index in [-0.39, 0.29) is 11.7 Å². The number of hydrogen-bond acceptors (Lipinski definition) is 2. The van der Waals surface area contributed by atoms with Gasteiger partial charge in [0.2, 0.25) is 5.91 Å². The van der Waals surface area contributed by atoms with Crippen LogP contribution in [0, 0.1) is 12.7 Å². The van der Waals surface area contributed by atoms with Crippen molar-refractivity contribution < 1.29 is 13.9 Å². The van der Waals surface area contributed by atoms with Gasteiger partial charge in [0.05, 0.1) is 7.11 Å². The van der Waals surface area contributed by atoms with Gasteiger partial charge in [0.1, 0.15) is 11.6 Å². The summed E-state index contributed by atoms with van der Waals surface area (Å²) >= 11 is 0. The first-order valence-corrected chi connectivity index (χ1v) is 6.48. The molecule has 0 aromatic heterocycles. The Labute approximate surface area is 123 Å². The normalized spacial score (nSPS) is 10.6. The summed E-state index contributed by atoms with van der Waals surface area (Å²) in [7, 11) is 1.57. The SMILES string of the molecule is COc1ccccc1/C=C/C(=O)Nc1ccc(C)c(F)c1. The van der Waals surface area contributed by atoms with Crippen LogP contribution in [-0.2, 0) is 4.79 Å². The first-order valence-electron chi connectivity index (χ1n) is 6.48. The van der Waals surface area contributed by atoms with Crippen molar-refractivity contribution in [2.45, 2.75) is 6.92 Å². The van der Waals surface area contributed by atoms with Gasteiger partial charge in [-0.2, -0.15) is 0 Å². The predicted molar refractivity (Wildman–Crippen MR) is 81.8 cm³/mol. The van der Waals surface area contributed by atoms with Gasteiger partial charge in [-0.1, -0.05) is 24.3 Å². The molecule has 0 atom stereocenters. The minimum Gasteiger partial charge on any atom is -0.496 e. The Morgan fingerprint density at radius 2 is 2.00 bits per heavy atom. The van der Waals surface area contributed by atoms with E-state index in [0.29, 0.717) is 17.0 Å². The number of para-hydroxylation sites is 1. The number of methoxy groups -OCH3 is 1. The summed E-state index contributed by atoms with van der Waals surface area (Å²) in [5.41, 5.74) is 1.76. The summed E-state index contributed by atoms with van der Waals surface area (Å²) < 4.78 is 18.6. The Morgan fingerprint density at radius 1 is 1.24 bits per heavy atom. The van der Waals surface area contributed by atoms with Gasteiger partial charge in [-0.05, 0) is 36.8 Å². The van der Waals surface area contributed by atoms with Gasteiger partial charge in [0.15, 0.2) is 0 Å². The Balaban J connectivity index is 2.07. The molecule has 0 aliphatic rings. The second-order valence-corrected chi connectivity index (χ2v) is 4.53. The molecule has 2 aromatic rings. The maximum Gasteiger partial charge on any atom is 0.248 e. The van der Waals surface area contributed by atoms with Gasteiger partial charge < -0.3 is 10.1 Å². The van der Waals surface area contributed by atoms with Crippen molar-refractivity contribution in [3.05, 3.63) is 65.5 Å². The number of nitrogens with one attached hydrogen (secondary N) is 1. The Morgan fingerprint density at radius 3 is 2.71 bits per heavy atom. The van der Waals surface area contributed by atoms with Crippen LogP contribution >= 0.6 is 0 Å². The van der Waals surface area contributed by atoms with Gasteiger partial charge in [0.25, 0.3) is 0 Å². The second kappa shape index (κ2) is 6.70. The van der Waals surface area contributed by atoms with Crippen molar-refractivity contribution in [3.8, 4) is 5.75 Å². The van der Waals surface area contributed by atoms with Crippen LogP contribution in [-0.4, -0.2) is 13.0 Å². The molecule has 1 N–H and O–H groups in total. The molecule has 0 radical (unpaired) electrons. The van der Waals surface area contributed by atoms with E-state index in [0.717, 1.165) is 5.56 Å². The van der Waals surface area contributed by atoms with E-state index in [1.807, 2.05) is 24.3 Å². The summed E-state index contributed by atoms with van der Waals surface area (Å²) in [5.74, 6) is 0.00796. The van der Waals surface area contributed by atoms with Crippen LogP contribution in [0.3, 0.4) is 0 Å². The predicted octanol–water partition coefficient (Wildman–Crippen LogP) is 3.79. The zero-order chi connectivity index (χ0) is 15.2. The van der Waals surface area contributed by atoms with E-state index in [4.69, 9.17) is 4.74 Å². The molecule has 0 saturated carbocycles. The lowest BCUT2D eigenvalue weighted by Gasteiger charge is -2.05. The standard InChI is InChI=1S/C17H16FNO2/c1-12-7-9-14(11-15(12)18)19-17(20)10-8-13-5-3-4-6-16(13)21-2/h3-11H,1-2H3,(H,19,20)/b10-8+. The van der Waals surface area contributed by atoms with Crippen molar-refractivity contribution >= 4 is 17.7 Å². The minimum absolute atomic E-state index is 0.329. The van der Waals surface area contributed by atoms with Crippen molar-refractivity contribution in [1.29, 1.82) is 0 Å². The van der Waals surface area contributed by atoms with E-state index >= 15 is 0 Å². The molecule has 2 rings (SSSR count). The highest BCUT2D eigenvalue weighted by Gasteiger charge is 2.03. The average Bonchev–Trinajstić information content (AvgIpc) is 2.49. The number of benzene rings is 2. The third kappa shape index (κ3) is 3.92. The van der Waals surface area contributed by atoms with E-state index in [9.17, 15) is 9.18 Å². The number of anilines is 1. The van der Waals surface area contributed by atoms with E-state index in [1.54, 1.807) is 32.2 Å². The minimum atomic E-state index is -0.346. The van der Waals surface area contributed by atoms with Gasteiger partial charge in [-0.15, -0.1) is 0 Å². The highest BCUT2D eigenvalue weighted by molar-refractivity contribution is 6.02. The molecule has 4 heteroatoms. The third-order valence-electron chi connectivity index (χ3n) is 2.99. The summed E-state index contributed by atoms with van der Waals surface area (Å²) in [6.45, 7) is 1.67. The topological polar surface area (TPSA) is 38.3 Å². The highest BCUT2D eigenvalue weighted by atomic mass is 19.1. The molecule has 0 bridgehead atoms. The maximum atomic E-state index is 13.4. The third-order valence-corrected chi connectivity index (χ3v) is 2.99. The largest absolute Gasteiger partial charge is 0.496 e. The van der Waals surface area contributed by atoms with Crippen LogP contribution in [0.15, 0.2) is 48.5 Å². The summed E-state index contributed by atoms with van der Waals surface area (Å²) in [4.78, 5) is 11.8.